The molecule has 14 heteroatoms. The average Bonchev–Trinajstić information content (AvgIpc) is 3.76. The highest BCUT2D eigenvalue weighted by molar-refractivity contribution is 5.97. The number of ether oxygens (including phenoxy) is 2. The van der Waals surface area contributed by atoms with Crippen LogP contribution < -0.4 is 30.7 Å². The second-order valence-electron chi connectivity index (χ2n) is 14.0. The van der Waals surface area contributed by atoms with E-state index in [1.165, 1.54) is 17.2 Å². The molecule has 1 saturated carbocycles. The van der Waals surface area contributed by atoms with Crippen LogP contribution in [-0.2, 0) is 32.0 Å². The number of hydrogen-bond donors (Lipinski definition) is 4. The van der Waals surface area contributed by atoms with Crippen molar-refractivity contribution in [2.45, 2.75) is 77.0 Å². The average molecular weight is 717 g/mol. The van der Waals surface area contributed by atoms with Gasteiger partial charge in [0, 0.05) is 25.5 Å². The maximum atomic E-state index is 14.0. The van der Waals surface area contributed by atoms with Crippen LogP contribution in [0.15, 0.2) is 65.3 Å². The molecule has 278 valence electrons. The number of nitrogens with one attached hydrogen (secondary N) is 4. The summed E-state index contributed by atoms with van der Waals surface area (Å²) >= 11 is 0. The lowest BCUT2D eigenvalue weighted by Crippen LogP contribution is -2.58. The Morgan fingerprint density at radius 2 is 1.71 bits per heavy atom. The number of amides is 5. The molecule has 0 spiro atoms. The summed E-state index contributed by atoms with van der Waals surface area (Å²) in [4.78, 5) is 69.8. The molecule has 0 unspecified atom stereocenters. The van der Waals surface area contributed by atoms with Crippen molar-refractivity contribution in [2.75, 3.05) is 26.8 Å². The Labute approximate surface area is 303 Å². The largest absolute Gasteiger partial charge is 0.497 e. The molecule has 5 amide bonds. The van der Waals surface area contributed by atoms with Crippen molar-refractivity contribution in [2.24, 2.45) is 11.8 Å². The van der Waals surface area contributed by atoms with E-state index in [9.17, 15) is 24.0 Å². The smallest absolute Gasteiger partial charge is 0.290 e. The van der Waals surface area contributed by atoms with E-state index in [1.807, 2.05) is 0 Å². The second kappa shape index (κ2) is 17.7. The Morgan fingerprint density at radius 1 is 0.981 bits per heavy atom. The standard InChI is InChI=1S/C38H48N6O8/c1-23(2)17-28-22-51-30-13-9-26(10-14-30)19-32(43-37(48)33-15-16-39-52-33)36(47)42-31(18-25-7-11-29(50-4)12-8-25)35(46)40-24(3)38(49)44(20-27-5-6-27)21-34(45)41-28/h7-16,23-24,27-28,31-32H,5-6,17-22H2,1-4H3,(H,40,46)(H,41,45)(H,42,47)(H,43,48)/t24-,28+,31+,32+/m1/s1. The van der Waals surface area contributed by atoms with E-state index in [1.54, 1.807) is 62.6 Å². The quantitative estimate of drug-likeness (QED) is 0.242. The fraction of sp³-hybridized carbons (Fsp3) is 0.474. The minimum absolute atomic E-state index is 0.0694. The molecule has 52 heavy (non-hydrogen) atoms. The molecular formula is C38H48N6O8. The summed E-state index contributed by atoms with van der Waals surface area (Å²) < 4.78 is 16.4. The van der Waals surface area contributed by atoms with Crippen molar-refractivity contribution < 1.29 is 38.0 Å². The summed E-state index contributed by atoms with van der Waals surface area (Å²) in [5, 5.41) is 15.0. The number of nitrogens with zero attached hydrogens (tertiary/aromatic N) is 2. The minimum atomic E-state index is -1.14. The zero-order valence-corrected chi connectivity index (χ0v) is 30.1. The molecule has 0 saturated heterocycles. The van der Waals surface area contributed by atoms with Gasteiger partial charge in [0.05, 0.1) is 25.9 Å². The molecule has 3 aromatic rings. The number of rotatable bonds is 9. The zero-order valence-electron chi connectivity index (χ0n) is 30.1. The van der Waals surface area contributed by atoms with Crippen LogP contribution >= 0.6 is 0 Å². The molecule has 3 heterocycles. The van der Waals surface area contributed by atoms with Crippen LogP contribution in [0.2, 0.25) is 0 Å². The Morgan fingerprint density at radius 3 is 2.35 bits per heavy atom. The van der Waals surface area contributed by atoms with Gasteiger partial charge in [0.1, 0.15) is 36.2 Å². The molecule has 4 N–H and O–H groups in total. The molecule has 3 aliphatic rings. The van der Waals surface area contributed by atoms with Gasteiger partial charge in [-0.25, -0.2) is 0 Å². The number of aromatic nitrogens is 1. The molecule has 4 atom stereocenters. The maximum Gasteiger partial charge on any atom is 0.290 e. The monoisotopic (exact) mass is 716 g/mol. The predicted octanol–water partition coefficient (Wildman–Crippen LogP) is 2.42. The lowest BCUT2D eigenvalue weighted by Gasteiger charge is -2.29. The Bertz CT molecular complexity index is 1670. The Balaban J connectivity index is 1.46. The van der Waals surface area contributed by atoms with Gasteiger partial charge in [-0.3, -0.25) is 24.0 Å². The number of benzene rings is 2. The van der Waals surface area contributed by atoms with Crippen LogP contribution in [0.1, 0.15) is 61.7 Å². The molecular weight excluding hydrogens is 668 g/mol. The van der Waals surface area contributed by atoms with E-state index in [0.29, 0.717) is 30.0 Å². The SMILES string of the molecule is COc1ccc(C[C@@H]2NC(=O)[C@@H](NC(=O)c3ccno3)Cc3ccc(cc3)OC[C@H](CC(C)C)NC(=O)CN(CC3CC3)C(=O)[C@@H](C)NC2=O)cc1. The van der Waals surface area contributed by atoms with E-state index >= 15 is 0 Å². The first kappa shape index (κ1) is 37.8. The lowest BCUT2D eigenvalue weighted by molar-refractivity contribution is -0.140. The van der Waals surface area contributed by atoms with Gasteiger partial charge in [0.25, 0.3) is 5.91 Å². The van der Waals surface area contributed by atoms with Gasteiger partial charge in [-0.2, -0.15) is 0 Å². The molecule has 1 aromatic heterocycles. The number of carbonyl (C=O) groups is 5. The van der Waals surface area contributed by atoms with Crippen LogP contribution in [0.25, 0.3) is 0 Å². The van der Waals surface area contributed by atoms with Gasteiger partial charge in [0.2, 0.25) is 29.4 Å². The van der Waals surface area contributed by atoms with Crippen molar-refractivity contribution in [3.8, 4) is 11.5 Å². The highest BCUT2D eigenvalue weighted by Crippen LogP contribution is 2.30. The second-order valence-corrected chi connectivity index (χ2v) is 14.0. The first-order valence-electron chi connectivity index (χ1n) is 17.7. The predicted molar refractivity (Wildman–Crippen MR) is 190 cm³/mol. The summed E-state index contributed by atoms with van der Waals surface area (Å²) in [5.41, 5.74) is 1.42. The van der Waals surface area contributed by atoms with Crippen molar-refractivity contribution in [1.29, 1.82) is 0 Å². The molecule has 1 aliphatic carbocycles. The third-order valence-corrected chi connectivity index (χ3v) is 9.00. The van der Waals surface area contributed by atoms with Crippen LogP contribution in [0.5, 0.6) is 11.5 Å². The van der Waals surface area contributed by atoms with Crippen LogP contribution in [0, 0.1) is 11.8 Å². The normalized spacial score (nSPS) is 22.2. The van der Waals surface area contributed by atoms with E-state index in [4.69, 9.17) is 14.0 Å². The first-order valence-corrected chi connectivity index (χ1v) is 17.7. The molecule has 2 aliphatic heterocycles. The highest BCUT2D eigenvalue weighted by atomic mass is 16.5. The summed E-state index contributed by atoms with van der Waals surface area (Å²) in [7, 11) is 1.55. The third kappa shape index (κ3) is 11.0. The van der Waals surface area contributed by atoms with Gasteiger partial charge in [-0.1, -0.05) is 43.3 Å². The van der Waals surface area contributed by atoms with Crippen LogP contribution in [0.4, 0.5) is 0 Å². The molecule has 2 bridgehead atoms. The van der Waals surface area contributed by atoms with Crippen molar-refractivity contribution >= 4 is 29.5 Å². The minimum Gasteiger partial charge on any atom is -0.497 e. The molecule has 0 radical (unpaired) electrons. The van der Waals surface area contributed by atoms with Gasteiger partial charge >= 0.3 is 0 Å². The van der Waals surface area contributed by atoms with Crippen LogP contribution in [0.3, 0.4) is 0 Å². The van der Waals surface area contributed by atoms with Crippen molar-refractivity contribution in [3.63, 3.8) is 0 Å². The lowest BCUT2D eigenvalue weighted by atomic mass is 10.0. The van der Waals surface area contributed by atoms with Crippen molar-refractivity contribution in [3.05, 3.63) is 77.7 Å². The summed E-state index contributed by atoms with van der Waals surface area (Å²) in [5.74, 6) is -0.956. The molecule has 14 nitrogen and oxygen atoms in total. The fourth-order valence-electron chi connectivity index (χ4n) is 6.08. The molecule has 1 fully saturated rings. The number of fused-ring (bicyclic) bond motifs is 17. The third-order valence-electron chi connectivity index (χ3n) is 9.00. The van der Waals surface area contributed by atoms with E-state index < -0.39 is 41.8 Å². The number of hydrogen-bond acceptors (Lipinski definition) is 9. The van der Waals surface area contributed by atoms with Crippen molar-refractivity contribution in [1.82, 2.24) is 31.3 Å². The fourth-order valence-corrected chi connectivity index (χ4v) is 6.08. The summed E-state index contributed by atoms with van der Waals surface area (Å²) in [6.45, 7) is 6.11. The summed E-state index contributed by atoms with van der Waals surface area (Å²) in [6.07, 6.45) is 4.03. The van der Waals surface area contributed by atoms with E-state index in [0.717, 1.165) is 18.4 Å². The number of methoxy groups -OCH3 is 1. The van der Waals surface area contributed by atoms with Gasteiger partial charge in [-0.05, 0) is 73.4 Å². The number of carbonyl (C=O) groups excluding carboxylic acids is 5. The van der Waals surface area contributed by atoms with Gasteiger partial charge in [0.15, 0.2) is 0 Å². The Kier molecular flexibility index (Phi) is 12.9. The van der Waals surface area contributed by atoms with Crippen LogP contribution in [-0.4, -0.2) is 90.6 Å². The van der Waals surface area contributed by atoms with Gasteiger partial charge in [-0.15, -0.1) is 0 Å². The maximum absolute atomic E-state index is 14.0. The Hall–Kier alpha value is -5.40. The molecule has 6 rings (SSSR count). The highest BCUT2D eigenvalue weighted by Gasteiger charge is 2.34. The van der Waals surface area contributed by atoms with E-state index in [2.05, 4.69) is 40.3 Å². The van der Waals surface area contributed by atoms with Gasteiger partial charge < -0.3 is 40.2 Å². The summed E-state index contributed by atoms with van der Waals surface area (Å²) in [6, 6.07) is 11.9. The first-order chi connectivity index (χ1) is 25.0. The van der Waals surface area contributed by atoms with E-state index in [-0.39, 0.29) is 55.5 Å². The zero-order chi connectivity index (χ0) is 37.2. The molecule has 2 aromatic carbocycles. The topological polar surface area (TPSA) is 181 Å².